The lowest BCUT2D eigenvalue weighted by Gasteiger charge is -2.16. The van der Waals surface area contributed by atoms with E-state index in [0.29, 0.717) is 31.8 Å². The van der Waals surface area contributed by atoms with Gasteiger partial charge in [-0.2, -0.15) is 0 Å². The van der Waals surface area contributed by atoms with Crippen LogP contribution in [-0.4, -0.2) is 38.9 Å². The van der Waals surface area contributed by atoms with Crippen LogP contribution >= 0.6 is 15.9 Å². The van der Waals surface area contributed by atoms with E-state index < -0.39 is 0 Å². The van der Waals surface area contributed by atoms with Gasteiger partial charge in [-0.05, 0) is 17.7 Å². The normalized spacial score (nSPS) is 12.6. The zero-order valence-corrected chi connectivity index (χ0v) is 12.0. The molecule has 102 valence electrons. The largest absolute Gasteiger partial charge is 0.382 e. The minimum absolute atomic E-state index is 0.160. The number of benzene rings is 1. The first-order valence-corrected chi connectivity index (χ1v) is 6.89. The van der Waals surface area contributed by atoms with Crippen molar-refractivity contribution < 1.29 is 18.6 Å². The Morgan fingerprint density at radius 3 is 2.67 bits per heavy atom. The number of hydrogen-bond donors (Lipinski definition) is 0. The average Bonchev–Trinajstić information content (AvgIpc) is 2.38. The van der Waals surface area contributed by atoms with Gasteiger partial charge in [0, 0.05) is 12.4 Å². The predicted molar refractivity (Wildman–Crippen MR) is 71.6 cm³/mol. The van der Waals surface area contributed by atoms with Crippen molar-refractivity contribution in [2.24, 2.45) is 0 Å². The Kier molecular flexibility index (Phi) is 8.17. The highest BCUT2D eigenvalue weighted by Crippen LogP contribution is 2.20. The third-order valence-electron chi connectivity index (χ3n) is 2.34. The number of methoxy groups -OCH3 is 1. The third kappa shape index (κ3) is 5.91. The maximum absolute atomic E-state index is 13.1. The first-order chi connectivity index (χ1) is 8.77. The van der Waals surface area contributed by atoms with E-state index in [0.717, 1.165) is 5.56 Å². The number of rotatable bonds is 9. The number of halogens is 2. The number of alkyl halides is 1. The topological polar surface area (TPSA) is 27.7 Å². The summed E-state index contributed by atoms with van der Waals surface area (Å²) in [5.74, 6) is -0.251. The van der Waals surface area contributed by atoms with Gasteiger partial charge < -0.3 is 14.2 Å². The second-order valence-electron chi connectivity index (χ2n) is 3.67. The van der Waals surface area contributed by atoms with Crippen LogP contribution in [0.5, 0.6) is 0 Å². The van der Waals surface area contributed by atoms with E-state index in [4.69, 9.17) is 14.2 Å². The molecule has 0 bridgehead atoms. The van der Waals surface area contributed by atoms with Crippen LogP contribution in [0.3, 0.4) is 0 Å². The molecule has 0 aliphatic heterocycles. The van der Waals surface area contributed by atoms with E-state index in [-0.39, 0.29) is 11.9 Å². The van der Waals surface area contributed by atoms with Crippen LogP contribution < -0.4 is 0 Å². The number of ether oxygens (including phenoxy) is 3. The third-order valence-corrected chi connectivity index (χ3v) is 2.93. The molecule has 18 heavy (non-hydrogen) atoms. The molecule has 0 aliphatic carbocycles. The molecule has 0 N–H and O–H groups in total. The lowest BCUT2D eigenvalue weighted by molar-refractivity contribution is 0.000653. The second kappa shape index (κ2) is 9.44. The minimum Gasteiger partial charge on any atom is -0.382 e. The molecule has 0 saturated carbocycles. The summed E-state index contributed by atoms with van der Waals surface area (Å²) in [6.45, 7) is 2.10. The summed E-state index contributed by atoms with van der Waals surface area (Å²) in [6.07, 6.45) is -0.160. The van der Waals surface area contributed by atoms with Crippen molar-refractivity contribution in [3.8, 4) is 0 Å². The van der Waals surface area contributed by atoms with Crippen molar-refractivity contribution in [1.29, 1.82) is 0 Å². The zero-order chi connectivity index (χ0) is 13.2. The van der Waals surface area contributed by atoms with Crippen LogP contribution in [0.15, 0.2) is 24.3 Å². The Bertz CT molecular complexity index is 336. The van der Waals surface area contributed by atoms with Gasteiger partial charge in [0.1, 0.15) is 5.82 Å². The summed E-state index contributed by atoms with van der Waals surface area (Å²) >= 11 is 3.36. The van der Waals surface area contributed by atoms with E-state index in [1.54, 1.807) is 13.2 Å². The molecule has 0 saturated heterocycles. The van der Waals surface area contributed by atoms with Crippen molar-refractivity contribution >= 4 is 15.9 Å². The Hall–Kier alpha value is -0.490. The summed E-state index contributed by atoms with van der Waals surface area (Å²) in [4.78, 5) is 0. The molecule has 0 heterocycles. The van der Waals surface area contributed by atoms with Gasteiger partial charge >= 0.3 is 0 Å². The SMILES string of the molecule is COCCOCCOC(CBr)c1cccc(F)c1. The highest BCUT2D eigenvalue weighted by atomic mass is 79.9. The molecule has 0 aromatic heterocycles. The minimum atomic E-state index is -0.251. The van der Waals surface area contributed by atoms with Crippen LogP contribution in [0, 0.1) is 5.82 Å². The predicted octanol–water partition coefficient (Wildman–Crippen LogP) is 2.94. The van der Waals surface area contributed by atoms with E-state index in [9.17, 15) is 4.39 Å². The average molecular weight is 321 g/mol. The monoisotopic (exact) mass is 320 g/mol. The fourth-order valence-electron chi connectivity index (χ4n) is 1.43. The quantitative estimate of drug-likeness (QED) is 0.517. The highest BCUT2D eigenvalue weighted by molar-refractivity contribution is 9.09. The summed E-state index contributed by atoms with van der Waals surface area (Å²) in [5.41, 5.74) is 0.823. The van der Waals surface area contributed by atoms with E-state index in [2.05, 4.69) is 15.9 Å². The smallest absolute Gasteiger partial charge is 0.123 e. The maximum Gasteiger partial charge on any atom is 0.123 e. The van der Waals surface area contributed by atoms with Crippen LogP contribution in [0.4, 0.5) is 4.39 Å². The van der Waals surface area contributed by atoms with Gasteiger partial charge in [-0.25, -0.2) is 4.39 Å². The van der Waals surface area contributed by atoms with Crippen molar-refractivity contribution in [3.63, 3.8) is 0 Å². The van der Waals surface area contributed by atoms with Crippen molar-refractivity contribution in [2.45, 2.75) is 6.10 Å². The van der Waals surface area contributed by atoms with Gasteiger partial charge in [0.2, 0.25) is 0 Å². The molecule has 0 fully saturated rings. The summed E-state index contributed by atoms with van der Waals surface area (Å²) in [5, 5.41) is 0.620. The zero-order valence-electron chi connectivity index (χ0n) is 10.4. The van der Waals surface area contributed by atoms with E-state index in [1.807, 2.05) is 6.07 Å². The summed E-state index contributed by atoms with van der Waals surface area (Å²) < 4.78 is 28.9. The first-order valence-electron chi connectivity index (χ1n) is 5.77. The fourth-order valence-corrected chi connectivity index (χ4v) is 1.99. The van der Waals surface area contributed by atoms with Gasteiger partial charge in [0.25, 0.3) is 0 Å². The Morgan fingerprint density at radius 2 is 2.00 bits per heavy atom. The molecule has 0 aliphatic rings. The molecule has 1 aromatic rings. The molecule has 5 heteroatoms. The molecular formula is C13H18BrFO3. The van der Waals surface area contributed by atoms with Crippen LogP contribution in [0.25, 0.3) is 0 Å². The lowest BCUT2D eigenvalue weighted by atomic mass is 10.1. The van der Waals surface area contributed by atoms with Gasteiger partial charge in [-0.3, -0.25) is 0 Å². The van der Waals surface area contributed by atoms with Crippen molar-refractivity contribution in [2.75, 3.05) is 38.9 Å². The first kappa shape index (κ1) is 15.6. The Morgan fingerprint density at radius 1 is 1.22 bits per heavy atom. The van der Waals surface area contributed by atoms with Gasteiger partial charge in [0.15, 0.2) is 0 Å². The van der Waals surface area contributed by atoms with Crippen LogP contribution in [-0.2, 0) is 14.2 Å². The molecule has 1 aromatic carbocycles. The van der Waals surface area contributed by atoms with E-state index >= 15 is 0 Å². The molecule has 3 nitrogen and oxygen atoms in total. The highest BCUT2D eigenvalue weighted by Gasteiger charge is 2.10. The standard InChI is InChI=1S/C13H18BrFO3/c1-16-5-6-17-7-8-18-13(10-14)11-3-2-4-12(15)9-11/h2-4,9,13H,5-8,10H2,1H3. The lowest BCUT2D eigenvalue weighted by Crippen LogP contribution is -2.12. The Labute approximate surface area is 115 Å². The summed E-state index contributed by atoms with van der Waals surface area (Å²) in [6, 6.07) is 6.43. The van der Waals surface area contributed by atoms with Crippen molar-refractivity contribution in [3.05, 3.63) is 35.6 Å². The summed E-state index contributed by atoms with van der Waals surface area (Å²) in [7, 11) is 1.63. The molecule has 1 unspecified atom stereocenters. The fraction of sp³-hybridized carbons (Fsp3) is 0.538. The van der Waals surface area contributed by atoms with E-state index in [1.165, 1.54) is 12.1 Å². The van der Waals surface area contributed by atoms with Crippen LogP contribution in [0.2, 0.25) is 0 Å². The molecule has 1 atom stereocenters. The number of hydrogen-bond acceptors (Lipinski definition) is 3. The molecule has 0 amide bonds. The van der Waals surface area contributed by atoms with Crippen LogP contribution in [0.1, 0.15) is 11.7 Å². The maximum atomic E-state index is 13.1. The molecular weight excluding hydrogens is 303 g/mol. The van der Waals surface area contributed by atoms with Gasteiger partial charge in [-0.15, -0.1) is 0 Å². The van der Waals surface area contributed by atoms with Gasteiger partial charge in [0.05, 0.1) is 32.5 Å². The van der Waals surface area contributed by atoms with Crippen molar-refractivity contribution in [1.82, 2.24) is 0 Å². The Balaban J connectivity index is 2.29. The second-order valence-corrected chi connectivity index (χ2v) is 4.32. The molecule has 1 rings (SSSR count). The molecule has 0 radical (unpaired) electrons. The van der Waals surface area contributed by atoms with Gasteiger partial charge in [-0.1, -0.05) is 28.1 Å². The molecule has 0 spiro atoms.